The fourth-order valence-electron chi connectivity index (χ4n) is 1.60. The van der Waals surface area contributed by atoms with Crippen molar-refractivity contribution in [1.82, 2.24) is 10.2 Å². The molecule has 0 aromatic heterocycles. The van der Waals surface area contributed by atoms with Crippen molar-refractivity contribution in [1.29, 1.82) is 0 Å². The molecule has 0 aliphatic heterocycles. The minimum Gasteiger partial charge on any atom is -0.398 e. The van der Waals surface area contributed by atoms with Gasteiger partial charge in [0.15, 0.2) is 0 Å². The summed E-state index contributed by atoms with van der Waals surface area (Å²) in [6.07, 6.45) is 0. The zero-order valence-electron chi connectivity index (χ0n) is 11.2. The zero-order valence-corrected chi connectivity index (χ0v) is 12.0. The van der Waals surface area contributed by atoms with Crippen LogP contribution in [0.25, 0.3) is 0 Å². The van der Waals surface area contributed by atoms with Gasteiger partial charge >= 0.3 is 0 Å². The summed E-state index contributed by atoms with van der Waals surface area (Å²) < 4.78 is 0. The van der Waals surface area contributed by atoms with Crippen LogP contribution >= 0.6 is 11.6 Å². The number of hydrogen-bond donors (Lipinski definition) is 2. The Labute approximate surface area is 117 Å². The molecule has 0 spiro atoms. The van der Waals surface area contributed by atoms with Gasteiger partial charge in [-0.25, -0.2) is 0 Å². The fraction of sp³-hybridized carbons (Fsp3) is 0.385. The van der Waals surface area contributed by atoms with Crippen molar-refractivity contribution in [3.63, 3.8) is 0 Å². The highest BCUT2D eigenvalue weighted by Crippen LogP contribution is 2.21. The SMILES string of the molecule is CCN(C)C(=O)C(C)NC(=O)c1c(N)cccc1Cl. The molecule has 1 aromatic carbocycles. The molecule has 3 N–H and O–H groups in total. The summed E-state index contributed by atoms with van der Waals surface area (Å²) in [7, 11) is 1.68. The van der Waals surface area contributed by atoms with Gasteiger partial charge in [-0.1, -0.05) is 17.7 Å². The molecule has 1 unspecified atom stereocenters. The summed E-state index contributed by atoms with van der Waals surface area (Å²) in [5.41, 5.74) is 6.20. The molecule has 0 saturated carbocycles. The summed E-state index contributed by atoms with van der Waals surface area (Å²) >= 11 is 5.94. The van der Waals surface area contributed by atoms with Crippen molar-refractivity contribution >= 4 is 29.1 Å². The smallest absolute Gasteiger partial charge is 0.255 e. The van der Waals surface area contributed by atoms with E-state index in [1.165, 1.54) is 4.90 Å². The lowest BCUT2D eigenvalue weighted by Gasteiger charge is -2.21. The molecule has 1 aromatic rings. The van der Waals surface area contributed by atoms with Gasteiger partial charge in [0.25, 0.3) is 5.91 Å². The summed E-state index contributed by atoms with van der Waals surface area (Å²) in [5.74, 6) is -0.616. The third kappa shape index (κ3) is 3.61. The number of likely N-dealkylation sites (N-methyl/N-ethyl adjacent to an activating group) is 1. The van der Waals surface area contributed by atoms with Gasteiger partial charge in [0.1, 0.15) is 6.04 Å². The maximum atomic E-state index is 12.1. The minimum atomic E-state index is -0.631. The summed E-state index contributed by atoms with van der Waals surface area (Å²) in [6.45, 7) is 4.06. The number of anilines is 1. The number of benzene rings is 1. The molecule has 0 saturated heterocycles. The maximum Gasteiger partial charge on any atom is 0.255 e. The molecule has 0 bridgehead atoms. The normalized spacial score (nSPS) is 11.8. The zero-order chi connectivity index (χ0) is 14.6. The van der Waals surface area contributed by atoms with Gasteiger partial charge in [-0.2, -0.15) is 0 Å². The number of carbonyl (C=O) groups is 2. The van der Waals surface area contributed by atoms with Crippen LogP contribution in [0.5, 0.6) is 0 Å². The van der Waals surface area contributed by atoms with E-state index >= 15 is 0 Å². The van der Waals surface area contributed by atoms with E-state index in [1.54, 1.807) is 32.2 Å². The largest absolute Gasteiger partial charge is 0.398 e. The molecule has 0 aliphatic carbocycles. The Hall–Kier alpha value is -1.75. The van der Waals surface area contributed by atoms with Crippen LogP contribution in [0.3, 0.4) is 0 Å². The first-order valence-corrected chi connectivity index (χ1v) is 6.36. The second-order valence-corrected chi connectivity index (χ2v) is 4.66. The number of nitrogen functional groups attached to an aromatic ring is 1. The van der Waals surface area contributed by atoms with Gasteiger partial charge in [0.2, 0.25) is 5.91 Å². The quantitative estimate of drug-likeness (QED) is 0.823. The van der Waals surface area contributed by atoms with Gasteiger partial charge in [0.05, 0.1) is 10.6 Å². The van der Waals surface area contributed by atoms with Crippen molar-refractivity contribution in [2.45, 2.75) is 19.9 Å². The Kier molecular flexibility index (Phi) is 5.18. The van der Waals surface area contributed by atoms with Gasteiger partial charge < -0.3 is 16.0 Å². The first-order chi connectivity index (χ1) is 8.88. The lowest BCUT2D eigenvalue weighted by atomic mass is 10.1. The van der Waals surface area contributed by atoms with Crippen LogP contribution in [0.2, 0.25) is 5.02 Å². The Bertz CT molecular complexity index is 471. The number of rotatable bonds is 4. The molecule has 0 aliphatic rings. The summed E-state index contributed by atoms with van der Waals surface area (Å²) in [6, 6.07) is 4.20. The molecule has 1 atom stereocenters. The Morgan fingerprint density at radius 2 is 2.11 bits per heavy atom. The van der Waals surface area contributed by atoms with Crippen molar-refractivity contribution in [2.75, 3.05) is 19.3 Å². The predicted octanol–water partition coefficient (Wildman–Crippen LogP) is 1.52. The van der Waals surface area contributed by atoms with Crippen molar-refractivity contribution in [3.05, 3.63) is 28.8 Å². The number of halogens is 1. The van der Waals surface area contributed by atoms with E-state index in [4.69, 9.17) is 17.3 Å². The van der Waals surface area contributed by atoms with Crippen LogP contribution in [0.15, 0.2) is 18.2 Å². The van der Waals surface area contributed by atoms with Crippen LogP contribution in [-0.4, -0.2) is 36.3 Å². The molecule has 6 heteroatoms. The molecule has 5 nitrogen and oxygen atoms in total. The molecule has 0 radical (unpaired) electrons. The molecule has 104 valence electrons. The fourth-order valence-corrected chi connectivity index (χ4v) is 1.87. The average molecular weight is 284 g/mol. The lowest BCUT2D eigenvalue weighted by Crippen LogP contribution is -2.45. The topological polar surface area (TPSA) is 75.4 Å². The third-order valence-electron chi connectivity index (χ3n) is 2.84. The Balaban J connectivity index is 2.83. The second-order valence-electron chi connectivity index (χ2n) is 4.25. The number of nitrogens with one attached hydrogen (secondary N) is 1. The van der Waals surface area contributed by atoms with Crippen molar-refractivity contribution in [2.24, 2.45) is 0 Å². The van der Waals surface area contributed by atoms with Gasteiger partial charge in [-0.05, 0) is 26.0 Å². The minimum absolute atomic E-state index is 0.165. The molecule has 0 heterocycles. The van der Waals surface area contributed by atoms with Crippen LogP contribution in [0.1, 0.15) is 24.2 Å². The highest BCUT2D eigenvalue weighted by atomic mass is 35.5. The van der Waals surface area contributed by atoms with Crippen molar-refractivity contribution in [3.8, 4) is 0 Å². The van der Waals surface area contributed by atoms with E-state index in [9.17, 15) is 9.59 Å². The number of carbonyl (C=O) groups excluding carboxylic acids is 2. The Morgan fingerprint density at radius 1 is 1.47 bits per heavy atom. The van der Waals surface area contributed by atoms with E-state index in [0.29, 0.717) is 6.54 Å². The van der Waals surface area contributed by atoms with E-state index in [2.05, 4.69) is 5.32 Å². The van der Waals surface area contributed by atoms with Crippen molar-refractivity contribution < 1.29 is 9.59 Å². The first-order valence-electron chi connectivity index (χ1n) is 5.98. The van der Waals surface area contributed by atoms with E-state index in [0.717, 1.165) is 0 Å². The lowest BCUT2D eigenvalue weighted by molar-refractivity contribution is -0.131. The summed E-state index contributed by atoms with van der Waals surface area (Å²) in [4.78, 5) is 25.5. The predicted molar refractivity (Wildman–Crippen MR) is 76.1 cm³/mol. The number of amides is 2. The average Bonchev–Trinajstić information content (AvgIpc) is 2.36. The third-order valence-corrected chi connectivity index (χ3v) is 3.16. The van der Waals surface area contributed by atoms with Crippen LogP contribution in [0, 0.1) is 0 Å². The van der Waals surface area contributed by atoms with Crippen LogP contribution in [-0.2, 0) is 4.79 Å². The Morgan fingerprint density at radius 3 is 2.63 bits per heavy atom. The van der Waals surface area contributed by atoms with E-state index < -0.39 is 11.9 Å². The van der Waals surface area contributed by atoms with Crippen LogP contribution < -0.4 is 11.1 Å². The monoisotopic (exact) mass is 283 g/mol. The maximum absolute atomic E-state index is 12.1. The molecule has 19 heavy (non-hydrogen) atoms. The molecular formula is C13H18ClN3O2. The molecule has 0 fully saturated rings. The standard InChI is InChI=1S/C13H18ClN3O2/c1-4-17(3)13(19)8(2)16-12(18)11-9(14)6-5-7-10(11)15/h5-8H,4,15H2,1-3H3,(H,16,18). The van der Waals surface area contributed by atoms with Gasteiger partial charge in [0, 0.05) is 19.3 Å². The first kappa shape index (κ1) is 15.3. The van der Waals surface area contributed by atoms with E-state index in [-0.39, 0.29) is 22.2 Å². The van der Waals surface area contributed by atoms with Crippen LogP contribution in [0.4, 0.5) is 5.69 Å². The number of nitrogens with two attached hydrogens (primary N) is 1. The highest BCUT2D eigenvalue weighted by Gasteiger charge is 2.21. The second kappa shape index (κ2) is 6.43. The molecular weight excluding hydrogens is 266 g/mol. The molecule has 1 rings (SSSR count). The number of nitrogens with zero attached hydrogens (tertiary/aromatic N) is 1. The summed E-state index contributed by atoms with van der Waals surface area (Å²) in [5, 5.41) is 2.86. The molecule has 2 amide bonds. The highest BCUT2D eigenvalue weighted by molar-refractivity contribution is 6.34. The number of hydrogen-bond acceptors (Lipinski definition) is 3. The van der Waals surface area contributed by atoms with Gasteiger partial charge in [-0.3, -0.25) is 9.59 Å². The van der Waals surface area contributed by atoms with E-state index in [1.807, 2.05) is 6.92 Å². The van der Waals surface area contributed by atoms with Gasteiger partial charge in [-0.15, -0.1) is 0 Å².